The molecule has 0 bridgehead atoms. The van der Waals surface area contributed by atoms with Gasteiger partial charge in [-0.05, 0) is 31.5 Å². The minimum atomic E-state index is -3.45. The highest BCUT2D eigenvalue weighted by Gasteiger charge is 2.34. The van der Waals surface area contributed by atoms with E-state index in [4.69, 9.17) is 4.42 Å². The fraction of sp³-hybridized carbons (Fsp3) is 0.714. The standard InChI is InChI=1S/C14H25N3O3S/c1-3-15-11-13-7-4-5-9-17(13)21(18,19)16(2)12-14-8-6-10-20-14/h6,8,10,13,15H,3-5,7,9,11-12H2,1-2H3. The Kier molecular flexibility index (Phi) is 5.80. The molecule has 2 heterocycles. The lowest BCUT2D eigenvalue weighted by Gasteiger charge is -2.37. The molecule has 1 aliphatic rings. The highest BCUT2D eigenvalue weighted by molar-refractivity contribution is 7.86. The van der Waals surface area contributed by atoms with Gasteiger partial charge in [0.05, 0.1) is 12.8 Å². The Morgan fingerprint density at radius 1 is 1.48 bits per heavy atom. The summed E-state index contributed by atoms with van der Waals surface area (Å²) in [6, 6.07) is 3.60. The molecular weight excluding hydrogens is 290 g/mol. The van der Waals surface area contributed by atoms with Crippen molar-refractivity contribution in [3.63, 3.8) is 0 Å². The van der Waals surface area contributed by atoms with E-state index in [1.54, 1.807) is 29.7 Å². The van der Waals surface area contributed by atoms with E-state index in [0.717, 1.165) is 25.8 Å². The molecule has 0 aliphatic carbocycles. The zero-order chi connectivity index (χ0) is 15.3. The summed E-state index contributed by atoms with van der Waals surface area (Å²) in [4.78, 5) is 0. The molecule has 1 N–H and O–H groups in total. The van der Waals surface area contributed by atoms with Gasteiger partial charge < -0.3 is 9.73 Å². The Bertz CT molecular complexity index is 516. The molecule has 1 atom stereocenters. The topological polar surface area (TPSA) is 65.8 Å². The molecule has 7 heteroatoms. The van der Waals surface area contributed by atoms with E-state index in [2.05, 4.69) is 5.32 Å². The third-order valence-electron chi connectivity index (χ3n) is 3.85. The van der Waals surface area contributed by atoms with Crippen LogP contribution in [0.5, 0.6) is 0 Å². The van der Waals surface area contributed by atoms with Crippen LogP contribution in [0.25, 0.3) is 0 Å². The van der Waals surface area contributed by atoms with Gasteiger partial charge in [-0.2, -0.15) is 17.0 Å². The Hall–Kier alpha value is -0.890. The molecule has 1 fully saturated rings. The van der Waals surface area contributed by atoms with Gasteiger partial charge in [0.2, 0.25) is 0 Å². The summed E-state index contributed by atoms with van der Waals surface area (Å²) in [5, 5.41) is 3.26. The summed E-state index contributed by atoms with van der Waals surface area (Å²) in [6.45, 7) is 4.46. The molecule has 21 heavy (non-hydrogen) atoms. The average Bonchev–Trinajstić information content (AvgIpc) is 2.98. The predicted molar refractivity (Wildman–Crippen MR) is 82.0 cm³/mol. The first-order valence-electron chi connectivity index (χ1n) is 7.52. The van der Waals surface area contributed by atoms with Crippen LogP contribution >= 0.6 is 0 Å². The van der Waals surface area contributed by atoms with Crippen LogP contribution in [0.3, 0.4) is 0 Å². The summed E-state index contributed by atoms with van der Waals surface area (Å²) < 4.78 is 33.8. The van der Waals surface area contributed by atoms with Crippen molar-refractivity contribution < 1.29 is 12.8 Å². The van der Waals surface area contributed by atoms with Crippen LogP contribution in [0.4, 0.5) is 0 Å². The lowest BCUT2D eigenvalue weighted by molar-refractivity contribution is 0.228. The Balaban J connectivity index is 2.07. The normalized spacial score (nSPS) is 21.0. The first kappa shape index (κ1) is 16.5. The van der Waals surface area contributed by atoms with Crippen molar-refractivity contribution in [1.82, 2.24) is 13.9 Å². The number of rotatable bonds is 7. The van der Waals surface area contributed by atoms with Crippen LogP contribution in [-0.2, 0) is 16.8 Å². The van der Waals surface area contributed by atoms with Gasteiger partial charge in [0.15, 0.2) is 0 Å². The van der Waals surface area contributed by atoms with Crippen LogP contribution in [-0.4, -0.2) is 49.8 Å². The van der Waals surface area contributed by atoms with E-state index in [1.165, 1.54) is 4.31 Å². The minimum Gasteiger partial charge on any atom is -0.468 e. The second kappa shape index (κ2) is 7.40. The Labute approximate surface area is 127 Å². The molecule has 1 aromatic rings. The first-order chi connectivity index (χ1) is 10.1. The number of likely N-dealkylation sites (N-methyl/N-ethyl adjacent to an activating group) is 1. The van der Waals surface area contributed by atoms with Gasteiger partial charge >= 0.3 is 0 Å². The van der Waals surface area contributed by atoms with Gasteiger partial charge in [-0.3, -0.25) is 0 Å². The van der Waals surface area contributed by atoms with E-state index in [9.17, 15) is 8.42 Å². The van der Waals surface area contributed by atoms with Crippen LogP contribution in [0.15, 0.2) is 22.8 Å². The van der Waals surface area contributed by atoms with Crippen molar-refractivity contribution in [2.75, 3.05) is 26.7 Å². The lowest BCUT2D eigenvalue weighted by atomic mass is 10.1. The molecule has 120 valence electrons. The van der Waals surface area contributed by atoms with Gasteiger partial charge in [-0.15, -0.1) is 0 Å². The zero-order valence-corrected chi connectivity index (χ0v) is 13.6. The fourth-order valence-corrected chi connectivity index (χ4v) is 4.24. The number of furan rings is 1. The second-order valence-electron chi connectivity index (χ2n) is 5.41. The monoisotopic (exact) mass is 315 g/mol. The van der Waals surface area contributed by atoms with Gasteiger partial charge in [-0.25, -0.2) is 0 Å². The van der Waals surface area contributed by atoms with Crippen LogP contribution in [0.2, 0.25) is 0 Å². The van der Waals surface area contributed by atoms with Gasteiger partial charge in [0, 0.05) is 26.2 Å². The maximum Gasteiger partial charge on any atom is 0.282 e. The highest BCUT2D eigenvalue weighted by Crippen LogP contribution is 2.22. The molecule has 0 amide bonds. The third-order valence-corrected chi connectivity index (χ3v) is 5.84. The lowest BCUT2D eigenvalue weighted by Crippen LogP contribution is -2.52. The number of nitrogens with zero attached hydrogens (tertiary/aromatic N) is 2. The quantitative estimate of drug-likeness (QED) is 0.826. The molecule has 1 aromatic heterocycles. The van der Waals surface area contributed by atoms with Crippen molar-refractivity contribution in [3.05, 3.63) is 24.2 Å². The summed E-state index contributed by atoms with van der Waals surface area (Å²) in [7, 11) is -1.84. The molecule has 1 aliphatic heterocycles. The summed E-state index contributed by atoms with van der Waals surface area (Å²) in [5.41, 5.74) is 0. The molecule has 1 unspecified atom stereocenters. The SMILES string of the molecule is CCNCC1CCCCN1S(=O)(=O)N(C)Cc1ccco1. The van der Waals surface area contributed by atoms with E-state index in [1.807, 2.05) is 6.92 Å². The summed E-state index contributed by atoms with van der Waals surface area (Å²) in [6.07, 6.45) is 4.49. The van der Waals surface area contributed by atoms with Crippen LogP contribution in [0.1, 0.15) is 31.9 Å². The smallest absolute Gasteiger partial charge is 0.282 e. The van der Waals surface area contributed by atoms with Gasteiger partial charge in [-0.1, -0.05) is 13.3 Å². The van der Waals surface area contributed by atoms with Crippen molar-refractivity contribution in [2.24, 2.45) is 0 Å². The molecule has 0 aromatic carbocycles. The Morgan fingerprint density at radius 2 is 2.29 bits per heavy atom. The molecule has 0 spiro atoms. The second-order valence-corrected chi connectivity index (χ2v) is 7.40. The van der Waals surface area contributed by atoms with Crippen molar-refractivity contribution >= 4 is 10.2 Å². The minimum absolute atomic E-state index is 0.0442. The highest BCUT2D eigenvalue weighted by atomic mass is 32.2. The van der Waals surface area contributed by atoms with Crippen molar-refractivity contribution in [2.45, 2.75) is 38.8 Å². The maximum absolute atomic E-state index is 12.8. The maximum atomic E-state index is 12.8. The first-order valence-corrected chi connectivity index (χ1v) is 8.91. The molecule has 6 nitrogen and oxygen atoms in total. The zero-order valence-electron chi connectivity index (χ0n) is 12.8. The number of hydrogen-bond acceptors (Lipinski definition) is 4. The molecule has 0 saturated carbocycles. The number of hydrogen-bond donors (Lipinski definition) is 1. The van der Waals surface area contributed by atoms with Crippen molar-refractivity contribution in [3.8, 4) is 0 Å². The summed E-state index contributed by atoms with van der Waals surface area (Å²) in [5.74, 6) is 0.654. The number of piperidine rings is 1. The van der Waals surface area contributed by atoms with Crippen molar-refractivity contribution in [1.29, 1.82) is 0 Å². The third kappa shape index (κ3) is 4.06. The largest absolute Gasteiger partial charge is 0.468 e. The summed E-state index contributed by atoms with van der Waals surface area (Å²) >= 11 is 0. The average molecular weight is 315 g/mol. The number of nitrogens with one attached hydrogen (secondary N) is 1. The molecule has 2 rings (SSSR count). The van der Waals surface area contributed by atoms with E-state index < -0.39 is 10.2 Å². The molecule has 1 saturated heterocycles. The van der Waals surface area contributed by atoms with Gasteiger partial charge in [0.1, 0.15) is 5.76 Å². The van der Waals surface area contributed by atoms with Crippen LogP contribution < -0.4 is 5.32 Å². The fourth-order valence-electron chi connectivity index (χ4n) is 2.68. The molecular formula is C14H25N3O3S. The van der Waals surface area contributed by atoms with Gasteiger partial charge in [0.25, 0.3) is 10.2 Å². The molecule has 0 radical (unpaired) electrons. The Morgan fingerprint density at radius 3 is 2.95 bits per heavy atom. The van der Waals surface area contributed by atoms with E-state index >= 15 is 0 Å². The van der Waals surface area contributed by atoms with E-state index in [-0.39, 0.29) is 12.6 Å². The van der Waals surface area contributed by atoms with E-state index in [0.29, 0.717) is 18.8 Å². The predicted octanol–water partition coefficient (Wildman–Crippen LogP) is 1.42. The van der Waals surface area contributed by atoms with Crippen LogP contribution in [0, 0.1) is 0 Å².